The highest BCUT2D eigenvalue weighted by Crippen LogP contribution is 2.14. The fourth-order valence-electron chi connectivity index (χ4n) is 1.58. The van der Waals surface area contributed by atoms with E-state index in [0.717, 1.165) is 11.3 Å². The lowest BCUT2D eigenvalue weighted by atomic mass is 10.2. The van der Waals surface area contributed by atoms with Gasteiger partial charge in [-0.2, -0.15) is 0 Å². The molecule has 0 aromatic heterocycles. The molecule has 0 radical (unpaired) electrons. The Morgan fingerprint density at radius 3 is 2.29 bits per heavy atom. The van der Waals surface area contributed by atoms with E-state index in [1.807, 2.05) is 31.2 Å². The summed E-state index contributed by atoms with van der Waals surface area (Å²) in [5, 5.41) is 30.6. The number of hydrogen-bond acceptors (Lipinski definition) is 5. The third-order valence-electron chi connectivity index (χ3n) is 2.55. The monoisotopic (exact) mass is 240 g/mol. The summed E-state index contributed by atoms with van der Waals surface area (Å²) in [4.78, 5) is 1.56. The van der Waals surface area contributed by atoms with Crippen molar-refractivity contribution in [2.24, 2.45) is 0 Å². The van der Waals surface area contributed by atoms with E-state index in [1.54, 1.807) is 4.90 Å². The summed E-state index contributed by atoms with van der Waals surface area (Å²) < 4.78 is 0. The number of anilines is 1. The van der Waals surface area contributed by atoms with Crippen LogP contribution in [0.5, 0.6) is 0 Å². The van der Waals surface area contributed by atoms with Crippen LogP contribution in [0.3, 0.4) is 0 Å². The number of rotatable bonds is 7. The molecule has 1 aromatic carbocycles. The number of benzene rings is 1. The molecule has 4 N–H and O–H groups in total. The molecular weight excluding hydrogens is 220 g/mol. The molecule has 0 heterocycles. The minimum Gasteiger partial charge on any atom is -0.395 e. The molecule has 0 spiro atoms. The molecule has 0 aliphatic rings. The van der Waals surface area contributed by atoms with Crippen molar-refractivity contribution in [2.45, 2.75) is 13.3 Å². The number of para-hydroxylation sites is 1. The lowest BCUT2D eigenvalue weighted by Gasteiger charge is -2.28. The Hall–Kier alpha value is -1.14. The standard InChI is InChI=1S/C12H20N2O3/c1-10-4-2-3-5-11(10)13-12(17)14(6-8-15)7-9-16/h2-5,12-13,15-17H,6-9H2,1H3. The zero-order chi connectivity index (χ0) is 12.7. The first kappa shape index (κ1) is 13.9. The summed E-state index contributed by atoms with van der Waals surface area (Å²) in [7, 11) is 0. The smallest absolute Gasteiger partial charge is 0.184 e. The highest BCUT2D eigenvalue weighted by molar-refractivity contribution is 5.50. The number of aryl methyl sites for hydroxylation is 1. The Kier molecular flexibility index (Phi) is 5.93. The number of aliphatic hydroxyl groups is 3. The average molecular weight is 240 g/mol. The SMILES string of the molecule is Cc1ccccc1NC(O)N(CCO)CCO. The molecule has 0 fully saturated rings. The second-order valence-corrected chi connectivity index (χ2v) is 3.82. The average Bonchev–Trinajstić information content (AvgIpc) is 2.32. The maximum atomic E-state index is 9.94. The summed E-state index contributed by atoms with van der Waals surface area (Å²) >= 11 is 0. The number of nitrogens with one attached hydrogen (secondary N) is 1. The van der Waals surface area contributed by atoms with E-state index in [9.17, 15) is 5.11 Å². The van der Waals surface area contributed by atoms with Crippen LogP contribution in [0, 0.1) is 6.92 Å². The maximum Gasteiger partial charge on any atom is 0.184 e. The highest BCUT2D eigenvalue weighted by Gasteiger charge is 2.14. The third kappa shape index (κ3) is 4.32. The van der Waals surface area contributed by atoms with E-state index in [1.165, 1.54) is 0 Å². The molecule has 0 bridgehead atoms. The van der Waals surface area contributed by atoms with Crippen molar-refractivity contribution in [3.8, 4) is 0 Å². The number of aliphatic hydroxyl groups excluding tert-OH is 3. The zero-order valence-corrected chi connectivity index (χ0v) is 10.0. The number of nitrogens with zero attached hydrogens (tertiary/aromatic N) is 1. The van der Waals surface area contributed by atoms with E-state index in [4.69, 9.17) is 10.2 Å². The molecule has 1 unspecified atom stereocenters. The molecule has 17 heavy (non-hydrogen) atoms. The highest BCUT2D eigenvalue weighted by atomic mass is 16.3. The van der Waals surface area contributed by atoms with E-state index in [-0.39, 0.29) is 13.2 Å². The van der Waals surface area contributed by atoms with Gasteiger partial charge in [-0.1, -0.05) is 18.2 Å². The Labute approximate surface area is 101 Å². The van der Waals surface area contributed by atoms with Crippen LogP contribution in [0.2, 0.25) is 0 Å². The Morgan fingerprint density at radius 2 is 1.76 bits per heavy atom. The third-order valence-corrected chi connectivity index (χ3v) is 2.55. The van der Waals surface area contributed by atoms with E-state index < -0.39 is 6.35 Å². The molecular formula is C12H20N2O3. The minimum atomic E-state index is -0.921. The maximum absolute atomic E-state index is 9.94. The Bertz CT molecular complexity index is 327. The second-order valence-electron chi connectivity index (χ2n) is 3.82. The van der Waals surface area contributed by atoms with Crippen molar-refractivity contribution in [3.05, 3.63) is 29.8 Å². The van der Waals surface area contributed by atoms with Gasteiger partial charge in [0.2, 0.25) is 0 Å². The molecule has 0 amide bonds. The van der Waals surface area contributed by atoms with Crippen LogP contribution in [-0.4, -0.2) is 52.9 Å². The first-order chi connectivity index (χ1) is 8.19. The molecule has 5 heteroatoms. The topological polar surface area (TPSA) is 76.0 Å². The van der Waals surface area contributed by atoms with Gasteiger partial charge in [-0.25, -0.2) is 0 Å². The van der Waals surface area contributed by atoms with Gasteiger partial charge in [-0.15, -0.1) is 0 Å². The summed E-state index contributed by atoms with van der Waals surface area (Å²) in [6.45, 7) is 2.43. The summed E-state index contributed by atoms with van der Waals surface area (Å²) in [6.07, 6.45) is -0.921. The first-order valence-corrected chi connectivity index (χ1v) is 5.65. The number of hydrogen-bond donors (Lipinski definition) is 4. The van der Waals surface area contributed by atoms with Crippen LogP contribution in [0.4, 0.5) is 5.69 Å². The van der Waals surface area contributed by atoms with Gasteiger partial charge in [0, 0.05) is 18.8 Å². The Morgan fingerprint density at radius 1 is 1.18 bits per heavy atom. The van der Waals surface area contributed by atoms with E-state index >= 15 is 0 Å². The van der Waals surface area contributed by atoms with E-state index in [2.05, 4.69) is 5.32 Å². The molecule has 1 aromatic rings. The fourth-order valence-corrected chi connectivity index (χ4v) is 1.58. The van der Waals surface area contributed by atoms with Gasteiger partial charge < -0.3 is 20.6 Å². The van der Waals surface area contributed by atoms with Crippen LogP contribution in [0.1, 0.15) is 5.56 Å². The van der Waals surface area contributed by atoms with Crippen molar-refractivity contribution in [1.82, 2.24) is 4.90 Å². The molecule has 5 nitrogen and oxygen atoms in total. The summed E-state index contributed by atoms with van der Waals surface area (Å²) in [5.74, 6) is 0. The predicted octanol–water partition coefficient (Wildman–Crippen LogP) is -0.0306. The molecule has 0 saturated heterocycles. The van der Waals surface area contributed by atoms with Crippen molar-refractivity contribution in [3.63, 3.8) is 0 Å². The second kappa shape index (κ2) is 7.24. The molecule has 0 saturated carbocycles. The minimum absolute atomic E-state index is 0.0630. The molecule has 1 atom stereocenters. The van der Waals surface area contributed by atoms with Gasteiger partial charge in [0.15, 0.2) is 6.35 Å². The molecule has 0 aliphatic heterocycles. The lowest BCUT2D eigenvalue weighted by molar-refractivity contribution is 0.00556. The normalized spacial score (nSPS) is 12.8. The van der Waals surface area contributed by atoms with Crippen molar-refractivity contribution in [1.29, 1.82) is 0 Å². The van der Waals surface area contributed by atoms with Gasteiger partial charge in [0.1, 0.15) is 0 Å². The lowest BCUT2D eigenvalue weighted by Crippen LogP contribution is -2.44. The first-order valence-electron chi connectivity index (χ1n) is 5.65. The van der Waals surface area contributed by atoms with Gasteiger partial charge in [-0.3, -0.25) is 4.90 Å². The van der Waals surface area contributed by atoms with Gasteiger partial charge in [0.05, 0.1) is 13.2 Å². The van der Waals surface area contributed by atoms with Crippen molar-refractivity contribution < 1.29 is 15.3 Å². The van der Waals surface area contributed by atoms with Crippen LogP contribution >= 0.6 is 0 Å². The zero-order valence-electron chi connectivity index (χ0n) is 10.0. The molecule has 1 rings (SSSR count). The van der Waals surface area contributed by atoms with Crippen molar-refractivity contribution >= 4 is 5.69 Å². The Balaban J connectivity index is 2.62. The van der Waals surface area contributed by atoms with Gasteiger partial charge in [0.25, 0.3) is 0 Å². The molecule has 96 valence electrons. The van der Waals surface area contributed by atoms with Crippen molar-refractivity contribution in [2.75, 3.05) is 31.6 Å². The largest absolute Gasteiger partial charge is 0.395 e. The summed E-state index contributed by atoms with van der Waals surface area (Å²) in [6, 6.07) is 7.61. The van der Waals surface area contributed by atoms with Crippen LogP contribution in [0.15, 0.2) is 24.3 Å². The summed E-state index contributed by atoms with van der Waals surface area (Å²) in [5.41, 5.74) is 1.86. The predicted molar refractivity (Wildman–Crippen MR) is 66.6 cm³/mol. The van der Waals surface area contributed by atoms with Crippen LogP contribution < -0.4 is 5.32 Å². The van der Waals surface area contributed by atoms with Crippen LogP contribution in [0.25, 0.3) is 0 Å². The van der Waals surface area contributed by atoms with Crippen LogP contribution in [-0.2, 0) is 0 Å². The van der Waals surface area contributed by atoms with Gasteiger partial charge >= 0.3 is 0 Å². The quantitative estimate of drug-likeness (QED) is 0.504. The molecule has 0 aliphatic carbocycles. The van der Waals surface area contributed by atoms with Gasteiger partial charge in [-0.05, 0) is 18.6 Å². The van der Waals surface area contributed by atoms with E-state index in [0.29, 0.717) is 13.1 Å². The fraction of sp³-hybridized carbons (Fsp3) is 0.500.